The van der Waals surface area contributed by atoms with Gasteiger partial charge in [0.2, 0.25) is 0 Å². The highest BCUT2D eigenvalue weighted by Crippen LogP contribution is 2.09. The molecular formula is C19H24N2O2S. The summed E-state index contributed by atoms with van der Waals surface area (Å²) in [4.78, 5) is 0. The molecule has 0 aliphatic carbocycles. The van der Waals surface area contributed by atoms with Crippen molar-refractivity contribution < 1.29 is 8.42 Å². The van der Waals surface area contributed by atoms with Crippen LogP contribution < -0.4 is 9.44 Å². The third kappa shape index (κ3) is 6.66. The average Bonchev–Trinajstić information content (AvgIpc) is 2.59. The summed E-state index contributed by atoms with van der Waals surface area (Å²) in [5, 5.41) is 0. The molecule has 0 radical (unpaired) electrons. The van der Waals surface area contributed by atoms with E-state index in [9.17, 15) is 8.42 Å². The second-order valence-electron chi connectivity index (χ2n) is 5.68. The van der Waals surface area contributed by atoms with Crippen molar-refractivity contribution in [2.75, 3.05) is 0 Å². The van der Waals surface area contributed by atoms with Crippen LogP contribution in [0.25, 0.3) is 0 Å². The summed E-state index contributed by atoms with van der Waals surface area (Å²) >= 11 is 0. The van der Waals surface area contributed by atoms with Crippen LogP contribution in [0.1, 0.15) is 24.0 Å². The van der Waals surface area contributed by atoms with Gasteiger partial charge in [-0.2, -0.15) is 17.9 Å². The van der Waals surface area contributed by atoms with Crippen LogP contribution in [-0.4, -0.2) is 14.5 Å². The maximum Gasteiger partial charge on any atom is 0.277 e. The molecule has 2 aromatic rings. The molecule has 0 amide bonds. The van der Waals surface area contributed by atoms with Gasteiger partial charge in [-0.3, -0.25) is 0 Å². The van der Waals surface area contributed by atoms with E-state index in [0.29, 0.717) is 12.8 Å². The van der Waals surface area contributed by atoms with Gasteiger partial charge in [0, 0.05) is 12.6 Å². The summed E-state index contributed by atoms with van der Waals surface area (Å²) in [5.74, 6) is 0. The zero-order valence-electron chi connectivity index (χ0n) is 13.7. The van der Waals surface area contributed by atoms with E-state index >= 15 is 0 Å². The second-order valence-corrected chi connectivity index (χ2v) is 7.21. The Bertz CT molecular complexity index is 716. The molecule has 0 spiro atoms. The Balaban J connectivity index is 1.97. The van der Waals surface area contributed by atoms with Crippen LogP contribution in [0.5, 0.6) is 0 Å². The fourth-order valence-corrected chi connectivity index (χ4v) is 3.54. The lowest BCUT2D eigenvalue weighted by Gasteiger charge is -2.19. The predicted molar refractivity (Wildman–Crippen MR) is 98.7 cm³/mol. The normalized spacial score (nSPS) is 12.7. The van der Waals surface area contributed by atoms with Gasteiger partial charge in [0.1, 0.15) is 0 Å². The quantitative estimate of drug-likeness (QED) is 0.650. The van der Waals surface area contributed by atoms with E-state index in [1.807, 2.05) is 66.7 Å². The molecular weight excluding hydrogens is 320 g/mol. The molecule has 0 aliphatic rings. The summed E-state index contributed by atoms with van der Waals surface area (Å²) in [7, 11) is -3.56. The van der Waals surface area contributed by atoms with E-state index in [2.05, 4.69) is 16.0 Å². The molecule has 0 saturated carbocycles. The van der Waals surface area contributed by atoms with Gasteiger partial charge >= 0.3 is 0 Å². The molecule has 0 bridgehead atoms. The minimum absolute atomic E-state index is 0.168. The maximum atomic E-state index is 12.3. The lowest BCUT2D eigenvalue weighted by molar-refractivity contribution is 0.517. The van der Waals surface area contributed by atoms with Gasteiger partial charge < -0.3 is 0 Å². The van der Waals surface area contributed by atoms with Gasteiger partial charge in [0.15, 0.2) is 0 Å². The number of nitrogens with one attached hydrogen (secondary N) is 2. The molecule has 5 heteroatoms. The molecule has 1 atom stereocenters. The Morgan fingerprint density at radius 3 is 2.12 bits per heavy atom. The van der Waals surface area contributed by atoms with E-state index in [1.165, 1.54) is 0 Å². The first kappa shape index (κ1) is 18.4. The fraction of sp³-hybridized carbons (Fsp3) is 0.263. The average molecular weight is 344 g/mol. The maximum absolute atomic E-state index is 12.3. The summed E-state index contributed by atoms with van der Waals surface area (Å²) in [5.41, 5.74) is 2.03. The number of hydrogen-bond donors (Lipinski definition) is 2. The Morgan fingerprint density at radius 1 is 0.958 bits per heavy atom. The first-order valence-electron chi connectivity index (χ1n) is 8.05. The molecule has 1 unspecified atom stereocenters. The molecule has 4 nitrogen and oxygen atoms in total. The van der Waals surface area contributed by atoms with Crippen molar-refractivity contribution in [1.82, 2.24) is 9.44 Å². The lowest BCUT2D eigenvalue weighted by atomic mass is 10.0. The minimum Gasteiger partial charge on any atom is -0.199 e. The SMILES string of the molecule is C=CCCC(Cc1ccccc1)NS(=O)(=O)NCc1ccccc1. The molecule has 2 aromatic carbocycles. The Labute approximate surface area is 144 Å². The highest BCUT2D eigenvalue weighted by molar-refractivity contribution is 7.87. The van der Waals surface area contributed by atoms with Crippen LogP contribution in [0, 0.1) is 0 Å². The van der Waals surface area contributed by atoms with Crippen LogP contribution in [0.4, 0.5) is 0 Å². The van der Waals surface area contributed by atoms with Crippen molar-refractivity contribution in [1.29, 1.82) is 0 Å². The van der Waals surface area contributed by atoms with Gasteiger partial charge in [-0.1, -0.05) is 66.7 Å². The van der Waals surface area contributed by atoms with Crippen LogP contribution in [-0.2, 0) is 23.2 Å². The van der Waals surface area contributed by atoms with Crippen LogP contribution in [0.3, 0.4) is 0 Å². The van der Waals surface area contributed by atoms with Crippen molar-refractivity contribution in [3.8, 4) is 0 Å². The lowest BCUT2D eigenvalue weighted by Crippen LogP contribution is -2.43. The minimum atomic E-state index is -3.56. The molecule has 0 fully saturated rings. The monoisotopic (exact) mass is 344 g/mol. The van der Waals surface area contributed by atoms with Crippen molar-refractivity contribution in [2.45, 2.75) is 31.8 Å². The van der Waals surface area contributed by atoms with Crippen molar-refractivity contribution in [2.24, 2.45) is 0 Å². The Hall–Kier alpha value is -1.95. The van der Waals surface area contributed by atoms with E-state index in [-0.39, 0.29) is 12.6 Å². The second kappa shape index (κ2) is 9.37. The molecule has 2 rings (SSSR count). The summed E-state index contributed by atoms with van der Waals surface area (Å²) in [6.45, 7) is 3.99. The van der Waals surface area contributed by atoms with Crippen LogP contribution in [0.2, 0.25) is 0 Å². The van der Waals surface area contributed by atoms with Crippen molar-refractivity contribution in [3.05, 3.63) is 84.4 Å². The molecule has 24 heavy (non-hydrogen) atoms. The van der Waals surface area contributed by atoms with Gasteiger partial charge in [0.05, 0.1) is 0 Å². The fourth-order valence-electron chi connectivity index (χ4n) is 2.46. The summed E-state index contributed by atoms with van der Waals surface area (Å²) < 4.78 is 30.0. The molecule has 0 heterocycles. The number of rotatable bonds is 10. The Morgan fingerprint density at radius 2 is 1.54 bits per heavy atom. The van der Waals surface area contributed by atoms with E-state index in [4.69, 9.17) is 0 Å². The van der Waals surface area contributed by atoms with Crippen LogP contribution in [0.15, 0.2) is 73.3 Å². The molecule has 0 saturated heterocycles. The zero-order chi connectivity index (χ0) is 17.3. The number of benzene rings is 2. The highest BCUT2D eigenvalue weighted by Gasteiger charge is 2.17. The first-order valence-corrected chi connectivity index (χ1v) is 9.53. The van der Waals surface area contributed by atoms with E-state index < -0.39 is 10.2 Å². The smallest absolute Gasteiger partial charge is 0.199 e. The largest absolute Gasteiger partial charge is 0.277 e. The zero-order valence-corrected chi connectivity index (χ0v) is 14.5. The van der Waals surface area contributed by atoms with Gasteiger partial charge in [-0.05, 0) is 30.4 Å². The summed E-state index contributed by atoms with van der Waals surface area (Å²) in [6, 6.07) is 19.2. The van der Waals surface area contributed by atoms with Crippen molar-refractivity contribution in [3.63, 3.8) is 0 Å². The van der Waals surface area contributed by atoms with Gasteiger partial charge in [-0.25, -0.2) is 0 Å². The molecule has 0 aromatic heterocycles. The predicted octanol–water partition coefficient (Wildman–Crippen LogP) is 3.19. The third-order valence-electron chi connectivity index (χ3n) is 3.68. The van der Waals surface area contributed by atoms with E-state index in [1.54, 1.807) is 0 Å². The Kier molecular flexibility index (Phi) is 7.18. The van der Waals surface area contributed by atoms with Gasteiger partial charge in [-0.15, -0.1) is 6.58 Å². The van der Waals surface area contributed by atoms with Crippen LogP contribution >= 0.6 is 0 Å². The van der Waals surface area contributed by atoms with E-state index in [0.717, 1.165) is 17.5 Å². The highest BCUT2D eigenvalue weighted by atomic mass is 32.2. The van der Waals surface area contributed by atoms with Crippen molar-refractivity contribution >= 4 is 10.2 Å². The topological polar surface area (TPSA) is 58.2 Å². The number of allylic oxidation sites excluding steroid dienone is 1. The molecule has 0 aliphatic heterocycles. The first-order chi connectivity index (χ1) is 11.6. The molecule has 128 valence electrons. The standard InChI is InChI=1S/C19H24N2O2S/c1-2-3-14-19(15-17-10-6-4-7-11-17)21-24(22,23)20-16-18-12-8-5-9-13-18/h2,4-13,19-21H,1,3,14-16H2. The summed E-state index contributed by atoms with van der Waals surface area (Å²) in [6.07, 6.45) is 3.94. The van der Waals surface area contributed by atoms with Gasteiger partial charge in [0.25, 0.3) is 10.2 Å². The number of hydrogen-bond acceptors (Lipinski definition) is 2. The third-order valence-corrected chi connectivity index (χ3v) is 4.84. The molecule has 2 N–H and O–H groups in total.